The van der Waals surface area contributed by atoms with Crippen LogP contribution < -0.4 is 14.4 Å². The largest absolute Gasteiger partial charge is 0.508 e. The lowest BCUT2D eigenvalue weighted by Crippen LogP contribution is -2.29. The molecular weight excluding hydrogens is 410 g/mol. The lowest BCUT2D eigenvalue weighted by atomic mass is 9.94. The first-order valence-electron chi connectivity index (χ1n) is 9.83. The Hall–Kier alpha value is -4.26. The zero-order valence-corrected chi connectivity index (χ0v) is 17.5. The number of ketones is 1. The average molecular weight is 431 g/mol. The van der Waals surface area contributed by atoms with Crippen LogP contribution in [0, 0.1) is 0 Å². The van der Waals surface area contributed by atoms with Gasteiger partial charge in [-0.3, -0.25) is 14.5 Å². The number of aromatic hydroxyl groups is 1. The number of phenols is 1. The monoisotopic (exact) mass is 431 g/mol. The molecule has 0 bridgehead atoms. The van der Waals surface area contributed by atoms with Crippen molar-refractivity contribution in [1.29, 1.82) is 0 Å². The SMILES string of the molecule is COc1ccc(/C(O)=C2/C(=O)C(=O)N(c3ccccc3)C2c2cccc(O)c2)c(OC)c1. The molecular formula is C25H21NO6. The number of ether oxygens (including phenoxy) is 2. The molecule has 162 valence electrons. The molecule has 1 unspecified atom stereocenters. The second kappa shape index (κ2) is 8.47. The van der Waals surface area contributed by atoms with Gasteiger partial charge >= 0.3 is 0 Å². The van der Waals surface area contributed by atoms with Crippen molar-refractivity contribution in [3.05, 3.63) is 89.5 Å². The van der Waals surface area contributed by atoms with Crippen LogP contribution >= 0.6 is 0 Å². The highest BCUT2D eigenvalue weighted by atomic mass is 16.5. The van der Waals surface area contributed by atoms with Crippen molar-refractivity contribution >= 4 is 23.1 Å². The van der Waals surface area contributed by atoms with Crippen molar-refractivity contribution in [3.8, 4) is 17.2 Å². The van der Waals surface area contributed by atoms with Crippen molar-refractivity contribution < 1.29 is 29.3 Å². The number of phenolic OH excluding ortho intramolecular Hbond substituents is 1. The number of benzene rings is 3. The topological polar surface area (TPSA) is 96.3 Å². The predicted octanol–water partition coefficient (Wildman–Crippen LogP) is 4.04. The average Bonchev–Trinajstić information content (AvgIpc) is 3.09. The molecule has 1 atom stereocenters. The van der Waals surface area contributed by atoms with Crippen LogP contribution in [-0.4, -0.2) is 36.1 Å². The second-order valence-corrected chi connectivity index (χ2v) is 7.17. The molecule has 1 heterocycles. The summed E-state index contributed by atoms with van der Waals surface area (Å²) in [6, 6.07) is 18.8. The maximum absolute atomic E-state index is 13.2. The summed E-state index contributed by atoms with van der Waals surface area (Å²) in [7, 11) is 2.93. The van der Waals surface area contributed by atoms with E-state index in [1.807, 2.05) is 0 Å². The van der Waals surface area contributed by atoms with E-state index in [-0.39, 0.29) is 28.4 Å². The predicted molar refractivity (Wildman–Crippen MR) is 119 cm³/mol. The van der Waals surface area contributed by atoms with E-state index in [2.05, 4.69) is 0 Å². The fourth-order valence-corrected chi connectivity index (χ4v) is 3.84. The number of hydrogen-bond acceptors (Lipinski definition) is 6. The van der Waals surface area contributed by atoms with E-state index in [4.69, 9.17) is 9.47 Å². The number of methoxy groups -OCH3 is 2. The van der Waals surface area contributed by atoms with Gasteiger partial charge < -0.3 is 19.7 Å². The molecule has 7 nitrogen and oxygen atoms in total. The summed E-state index contributed by atoms with van der Waals surface area (Å²) in [5.74, 6) is -1.23. The minimum Gasteiger partial charge on any atom is -0.508 e. The number of rotatable bonds is 5. The molecule has 1 aliphatic heterocycles. The number of anilines is 1. The number of nitrogens with zero attached hydrogens (tertiary/aromatic N) is 1. The van der Waals surface area contributed by atoms with E-state index < -0.39 is 17.7 Å². The number of para-hydroxylation sites is 1. The lowest BCUT2D eigenvalue weighted by molar-refractivity contribution is -0.132. The molecule has 7 heteroatoms. The summed E-state index contributed by atoms with van der Waals surface area (Å²) >= 11 is 0. The van der Waals surface area contributed by atoms with Crippen LogP contribution in [0.15, 0.2) is 78.4 Å². The van der Waals surface area contributed by atoms with E-state index in [0.717, 1.165) is 0 Å². The molecule has 2 N–H and O–H groups in total. The van der Waals surface area contributed by atoms with E-state index in [9.17, 15) is 19.8 Å². The fourth-order valence-electron chi connectivity index (χ4n) is 3.84. The Balaban J connectivity index is 1.97. The summed E-state index contributed by atoms with van der Waals surface area (Å²) in [4.78, 5) is 27.6. The summed E-state index contributed by atoms with van der Waals surface area (Å²) < 4.78 is 10.6. The smallest absolute Gasteiger partial charge is 0.300 e. The van der Waals surface area contributed by atoms with Gasteiger partial charge in [0.15, 0.2) is 0 Å². The molecule has 1 amide bonds. The molecule has 1 fully saturated rings. The third-order valence-corrected chi connectivity index (χ3v) is 5.33. The summed E-state index contributed by atoms with van der Waals surface area (Å²) in [5, 5.41) is 21.3. The molecule has 1 aliphatic rings. The normalized spacial score (nSPS) is 17.4. The zero-order valence-electron chi connectivity index (χ0n) is 17.5. The van der Waals surface area contributed by atoms with Gasteiger partial charge in [-0.05, 0) is 42.0 Å². The first kappa shape index (κ1) is 21.0. The first-order valence-corrected chi connectivity index (χ1v) is 9.83. The van der Waals surface area contributed by atoms with Gasteiger partial charge in [-0.25, -0.2) is 0 Å². The highest BCUT2D eigenvalue weighted by molar-refractivity contribution is 6.51. The van der Waals surface area contributed by atoms with Gasteiger partial charge in [-0.15, -0.1) is 0 Å². The Bertz CT molecular complexity index is 1220. The quantitative estimate of drug-likeness (QED) is 0.360. The van der Waals surface area contributed by atoms with Crippen molar-refractivity contribution in [1.82, 2.24) is 0 Å². The van der Waals surface area contributed by atoms with Crippen LogP contribution in [0.5, 0.6) is 17.2 Å². The number of aliphatic hydroxyl groups excluding tert-OH is 1. The number of carbonyl (C=O) groups excluding carboxylic acids is 2. The number of Topliss-reactive ketones (excluding diaryl/α,β-unsaturated/α-hetero) is 1. The van der Waals surface area contributed by atoms with Gasteiger partial charge in [0.2, 0.25) is 0 Å². The molecule has 0 saturated carbocycles. The van der Waals surface area contributed by atoms with Gasteiger partial charge in [-0.2, -0.15) is 0 Å². The number of aliphatic hydroxyl groups is 1. The van der Waals surface area contributed by atoms with Gasteiger partial charge in [0.05, 0.1) is 31.4 Å². The minimum absolute atomic E-state index is 0.0248. The van der Waals surface area contributed by atoms with Crippen LogP contribution in [0.25, 0.3) is 5.76 Å². The second-order valence-electron chi connectivity index (χ2n) is 7.17. The van der Waals surface area contributed by atoms with Gasteiger partial charge in [0.25, 0.3) is 11.7 Å². The lowest BCUT2D eigenvalue weighted by Gasteiger charge is -2.25. The Kier molecular flexibility index (Phi) is 5.55. The van der Waals surface area contributed by atoms with Gasteiger partial charge in [0, 0.05) is 11.8 Å². The maximum atomic E-state index is 13.2. The molecule has 3 aromatic rings. The first-order chi connectivity index (χ1) is 15.5. The van der Waals surface area contributed by atoms with Crippen molar-refractivity contribution in [2.45, 2.75) is 6.04 Å². The van der Waals surface area contributed by atoms with Crippen LogP contribution in [-0.2, 0) is 9.59 Å². The minimum atomic E-state index is -0.948. The molecule has 0 aliphatic carbocycles. The van der Waals surface area contributed by atoms with Gasteiger partial charge in [-0.1, -0.05) is 30.3 Å². The van der Waals surface area contributed by atoms with Crippen LogP contribution in [0.2, 0.25) is 0 Å². The van der Waals surface area contributed by atoms with Crippen LogP contribution in [0.4, 0.5) is 5.69 Å². The summed E-state index contributed by atoms with van der Waals surface area (Å²) in [6.45, 7) is 0. The van der Waals surface area contributed by atoms with Crippen molar-refractivity contribution in [2.24, 2.45) is 0 Å². The third-order valence-electron chi connectivity index (χ3n) is 5.33. The van der Waals surface area contributed by atoms with E-state index in [1.54, 1.807) is 60.7 Å². The zero-order chi connectivity index (χ0) is 22.8. The molecule has 32 heavy (non-hydrogen) atoms. The summed E-state index contributed by atoms with van der Waals surface area (Å²) in [6.07, 6.45) is 0. The molecule has 0 spiro atoms. The Morgan fingerprint density at radius 1 is 0.906 bits per heavy atom. The van der Waals surface area contributed by atoms with Crippen LogP contribution in [0.3, 0.4) is 0 Å². The number of carbonyl (C=O) groups is 2. The fraction of sp³-hybridized carbons (Fsp3) is 0.120. The highest BCUT2D eigenvalue weighted by Gasteiger charge is 2.47. The van der Waals surface area contributed by atoms with Crippen molar-refractivity contribution in [3.63, 3.8) is 0 Å². The molecule has 4 rings (SSSR count). The Morgan fingerprint density at radius 2 is 1.66 bits per heavy atom. The maximum Gasteiger partial charge on any atom is 0.300 e. The van der Waals surface area contributed by atoms with E-state index in [0.29, 0.717) is 17.0 Å². The van der Waals surface area contributed by atoms with Crippen LogP contribution in [0.1, 0.15) is 17.2 Å². The molecule has 1 saturated heterocycles. The van der Waals surface area contributed by atoms with E-state index >= 15 is 0 Å². The standard InChI is InChI=1S/C25H21NO6/c1-31-18-11-12-19(20(14-18)32-2)23(28)21-22(15-7-6-10-17(27)13-15)26(25(30)24(21)29)16-8-4-3-5-9-16/h3-14,22,27-28H,1-2H3/b23-21-. The Morgan fingerprint density at radius 3 is 2.31 bits per heavy atom. The van der Waals surface area contributed by atoms with Crippen molar-refractivity contribution in [2.75, 3.05) is 19.1 Å². The highest BCUT2D eigenvalue weighted by Crippen LogP contribution is 2.44. The molecule has 0 aromatic heterocycles. The molecule has 3 aromatic carbocycles. The van der Waals surface area contributed by atoms with Gasteiger partial charge in [0.1, 0.15) is 23.0 Å². The summed E-state index contributed by atoms with van der Waals surface area (Å²) in [5.41, 5.74) is 1.10. The van der Waals surface area contributed by atoms with E-state index in [1.165, 1.54) is 31.3 Å². The number of hydrogen-bond donors (Lipinski definition) is 2. The number of amides is 1. The Labute approximate surface area is 184 Å². The third kappa shape index (κ3) is 3.54. The molecule has 0 radical (unpaired) electrons.